The average molecular weight is 421 g/mol. The van der Waals surface area contributed by atoms with Crippen LogP contribution in [0.4, 0.5) is 8.78 Å². The van der Waals surface area contributed by atoms with Crippen LogP contribution in [0.25, 0.3) is 0 Å². The van der Waals surface area contributed by atoms with Crippen LogP contribution in [0.5, 0.6) is 0 Å². The van der Waals surface area contributed by atoms with E-state index in [0.29, 0.717) is 24.5 Å². The number of unbranched alkanes of at least 4 members (excludes halogenated alkanes) is 1. The molecule has 170 valence electrons. The molecule has 0 amide bonds. The van der Waals surface area contributed by atoms with Crippen molar-refractivity contribution in [2.24, 2.45) is 29.1 Å². The van der Waals surface area contributed by atoms with Crippen molar-refractivity contribution in [1.82, 2.24) is 0 Å². The average Bonchev–Trinajstić information content (AvgIpc) is 2.84. The van der Waals surface area contributed by atoms with Gasteiger partial charge in [-0.2, -0.15) is 8.78 Å². The Labute approximate surface area is 183 Å². The van der Waals surface area contributed by atoms with Crippen molar-refractivity contribution in [3.63, 3.8) is 0 Å². The van der Waals surface area contributed by atoms with E-state index in [1.165, 1.54) is 25.7 Å². The van der Waals surface area contributed by atoms with E-state index in [1.807, 2.05) is 19.1 Å². The van der Waals surface area contributed by atoms with Crippen LogP contribution < -0.4 is 0 Å². The highest BCUT2D eigenvalue weighted by Gasteiger charge is 2.45. The molecule has 3 heteroatoms. The Morgan fingerprint density at radius 2 is 1.57 bits per heavy atom. The molecule has 0 bridgehead atoms. The van der Waals surface area contributed by atoms with Gasteiger partial charge in [0.2, 0.25) is 0 Å². The molecule has 0 aliphatic heterocycles. The minimum atomic E-state index is -3.09. The molecular formula is C27H42F2O. The summed E-state index contributed by atoms with van der Waals surface area (Å²) in [5.41, 5.74) is 0.874. The van der Waals surface area contributed by atoms with Gasteiger partial charge in [0.05, 0.1) is 5.92 Å². The van der Waals surface area contributed by atoms with Gasteiger partial charge in [0.15, 0.2) is 0 Å². The van der Waals surface area contributed by atoms with Crippen LogP contribution >= 0.6 is 0 Å². The lowest BCUT2D eigenvalue weighted by Crippen LogP contribution is -2.36. The number of allylic oxidation sites excluding steroid dienone is 5. The first kappa shape index (κ1) is 23.5. The summed E-state index contributed by atoms with van der Waals surface area (Å²) in [4.78, 5) is 0. The molecule has 2 fully saturated rings. The third-order valence-electron chi connectivity index (χ3n) is 7.84. The predicted octanol–water partition coefficient (Wildman–Crippen LogP) is 8.83. The Morgan fingerprint density at radius 3 is 2.17 bits per heavy atom. The van der Waals surface area contributed by atoms with Crippen LogP contribution in [0.1, 0.15) is 98.3 Å². The van der Waals surface area contributed by atoms with Gasteiger partial charge in [0.25, 0.3) is 0 Å². The number of rotatable bonds is 7. The Kier molecular flexibility index (Phi) is 7.85. The zero-order chi connectivity index (χ0) is 21.8. The molecule has 1 unspecified atom stereocenters. The van der Waals surface area contributed by atoms with Gasteiger partial charge >= 0.3 is 6.11 Å². The molecule has 1 atom stereocenters. The lowest BCUT2D eigenvalue weighted by Gasteiger charge is -2.39. The third-order valence-corrected chi connectivity index (χ3v) is 7.84. The maximum absolute atomic E-state index is 15.1. The number of halogens is 2. The molecule has 0 aromatic rings. The fourth-order valence-corrected chi connectivity index (χ4v) is 5.89. The molecule has 30 heavy (non-hydrogen) atoms. The number of alkyl halides is 2. The highest BCUT2D eigenvalue weighted by molar-refractivity contribution is 5.33. The molecule has 0 aromatic carbocycles. The summed E-state index contributed by atoms with van der Waals surface area (Å²) in [5, 5.41) is 0. The summed E-state index contributed by atoms with van der Waals surface area (Å²) in [6, 6.07) is 0. The maximum Gasteiger partial charge on any atom is 0.400 e. The molecule has 0 spiro atoms. The summed E-state index contributed by atoms with van der Waals surface area (Å²) >= 11 is 0. The van der Waals surface area contributed by atoms with Crippen molar-refractivity contribution in [3.05, 3.63) is 35.6 Å². The van der Waals surface area contributed by atoms with E-state index in [4.69, 9.17) is 4.74 Å². The molecule has 3 rings (SSSR count). The van der Waals surface area contributed by atoms with E-state index in [2.05, 4.69) is 26.8 Å². The second-order valence-corrected chi connectivity index (χ2v) is 10.7. The minimum Gasteiger partial charge on any atom is -0.433 e. The van der Waals surface area contributed by atoms with Crippen molar-refractivity contribution >= 4 is 0 Å². The van der Waals surface area contributed by atoms with E-state index >= 15 is 8.78 Å². The van der Waals surface area contributed by atoms with Crippen molar-refractivity contribution in [2.75, 3.05) is 0 Å². The maximum atomic E-state index is 15.1. The summed E-state index contributed by atoms with van der Waals surface area (Å²) in [6.07, 6.45) is 16.0. The number of hydrogen-bond acceptors (Lipinski definition) is 1. The quantitative estimate of drug-likeness (QED) is 0.400. The molecule has 1 nitrogen and oxygen atoms in total. The van der Waals surface area contributed by atoms with E-state index in [-0.39, 0.29) is 5.41 Å². The smallest absolute Gasteiger partial charge is 0.400 e. The van der Waals surface area contributed by atoms with Crippen molar-refractivity contribution in [1.29, 1.82) is 0 Å². The van der Waals surface area contributed by atoms with Crippen molar-refractivity contribution < 1.29 is 13.5 Å². The summed E-state index contributed by atoms with van der Waals surface area (Å²) in [7, 11) is 0. The Balaban J connectivity index is 1.60. The summed E-state index contributed by atoms with van der Waals surface area (Å²) in [5.74, 6) is 1.92. The van der Waals surface area contributed by atoms with Gasteiger partial charge in [-0.05, 0) is 81.8 Å². The topological polar surface area (TPSA) is 9.23 Å². The zero-order valence-electron chi connectivity index (χ0n) is 19.6. The van der Waals surface area contributed by atoms with Crippen LogP contribution in [0.2, 0.25) is 0 Å². The van der Waals surface area contributed by atoms with Crippen molar-refractivity contribution in [3.8, 4) is 0 Å². The van der Waals surface area contributed by atoms with Crippen molar-refractivity contribution in [2.45, 2.75) is 104 Å². The van der Waals surface area contributed by atoms with Gasteiger partial charge in [0, 0.05) is 5.41 Å². The summed E-state index contributed by atoms with van der Waals surface area (Å²) in [6.45, 7) is 8.65. The fourth-order valence-electron chi connectivity index (χ4n) is 5.89. The summed E-state index contributed by atoms with van der Waals surface area (Å²) < 4.78 is 35.7. The molecule has 2 saturated carbocycles. The Hall–Kier alpha value is -1.12. The zero-order valence-corrected chi connectivity index (χ0v) is 19.6. The first-order chi connectivity index (χ1) is 14.2. The standard InChI is InChI=1S/C27H42F2O/c1-5-6-17-26(4)18-21(3)9-16-25(19-26)30-27(28,29)24-14-12-23(13-15-24)22-10-7-20(2)8-11-22/h9,16,18-20,22-24H,5-8,10-15,17H2,1-4H3. The van der Waals surface area contributed by atoms with E-state index in [9.17, 15) is 0 Å². The van der Waals surface area contributed by atoms with Gasteiger partial charge < -0.3 is 4.74 Å². The number of hydrogen-bond donors (Lipinski definition) is 0. The fraction of sp³-hybridized carbons (Fsp3) is 0.778. The molecule has 0 N–H and O–H groups in total. The molecule has 0 radical (unpaired) electrons. The van der Waals surface area contributed by atoms with Gasteiger partial charge in [0.1, 0.15) is 5.76 Å². The van der Waals surface area contributed by atoms with Crippen LogP contribution in [-0.4, -0.2) is 6.11 Å². The normalized spacial score (nSPS) is 35.4. The SMILES string of the molecule is CCCCC1(C)C=C(C)C=CC(OC(F)(F)C2CCC(C3CCC(C)CC3)CC2)=C1. The van der Waals surface area contributed by atoms with E-state index in [0.717, 1.165) is 49.5 Å². The second kappa shape index (κ2) is 10.0. The van der Waals surface area contributed by atoms with E-state index < -0.39 is 12.0 Å². The third kappa shape index (κ3) is 6.20. The van der Waals surface area contributed by atoms with Crippen LogP contribution in [0, 0.1) is 29.1 Å². The lowest BCUT2D eigenvalue weighted by atomic mass is 9.69. The first-order valence-electron chi connectivity index (χ1n) is 12.4. The van der Waals surface area contributed by atoms with Crippen LogP contribution in [0.15, 0.2) is 35.6 Å². The van der Waals surface area contributed by atoms with Crippen LogP contribution in [0.3, 0.4) is 0 Å². The Morgan fingerprint density at radius 1 is 0.967 bits per heavy atom. The molecule has 0 heterocycles. The van der Waals surface area contributed by atoms with Gasteiger partial charge in [-0.25, -0.2) is 0 Å². The van der Waals surface area contributed by atoms with Gasteiger partial charge in [-0.1, -0.05) is 64.2 Å². The Bertz CT molecular complexity index is 646. The highest BCUT2D eigenvalue weighted by Crippen LogP contribution is 2.46. The highest BCUT2D eigenvalue weighted by atomic mass is 19.3. The largest absolute Gasteiger partial charge is 0.433 e. The monoisotopic (exact) mass is 420 g/mol. The number of ether oxygens (including phenoxy) is 1. The molecule has 0 aromatic heterocycles. The second-order valence-electron chi connectivity index (χ2n) is 10.7. The lowest BCUT2D eigenvalue weighted by molar-refractivity contribution is -0.254. The predicted molar refractivity (Wildman–Crippen MR) is 121 cm³/mol. The van der Waals surface area contributed by atoms with Gasteiger partial charge in [-0.15, -0.1) is 0 Å². The molecule has 3 aliphatic rings. The molecular weight excluding hydrogens is 378 g/mol. The first-order valence-corrected chi connectivity index (χ1v) is 12.4. The van der Waals surface area contributed by atoms with Crippen LogP contribution in [-0.2, 0) is 4.74 Å². The van der Waals surface area contributed by atoms with Gasteiger partial charge in [-0.3, -0.25) is 0 Å². The minimum absolute atomic E-state index is 0.231. The molecule has 3 aliphatic carbocycles. The van der Waals surface area contributed by atoms with E-state index in [1.54, 1.807) is 6.08 Å². The molecule has 0 saturated heterocycles.